The molecule has 3 rings (SSSR count). The highest BCUT2D eigenvalue weighted by molar-refractivity contribution is 6.04. The number of nitrogens with one attached hydrogen (secondary N) is 1. The van der Waals surface area contributed by atoms with Crippen molar-refractivity contribution >= 4 is 17.5 Å². The van der Waals surface area contributed by atoms with Crippen LogP contribution in [-0.4, -0.2) is 32.8 Å². The van der Waals surface area contributed by atoms with Crippen molar-refractivity contribution in [1.29, 1.82) is 0 Å². The Kier molecular flexibility index (Phi) is 5.76. The first-order chi connectivity index (χ1) is 14.3. The summed E-state index contributed by atoms with van der Waals surface area (Å²) in [5.74, 6) is -7.54. The van der Waals surface area contributed by atoms with E-state index in [1.165, 1.54) is 25.3 Å². The van der Waals surface area contributed by atoms with Gasteiger partial charge in [0.15, 0.2) is 0 Å². The number of anilines is 1. The summed E-state index contributed by atoms with van der Waals surface area (Å²) in [4.78, 5) is 27.9. The highest BCUT2D eigenvalue weighted by Gasteiger charge is 2.50. The van der Waals surface area contributed by atoms with Crippen LogP contribution in [0, 0.1) is 18.8 Å². The van der Waals surface area contributed by atoms with Crippen LogP contribution in [0.2, 0.25) is 0 Å². The van der Waals surface area contributed by atoms with E-state index in [0.29, 0.717) is 6.92 Å². The van der Waals surface area contributed by atoms with Crippen molar-refractivity contribution in [2.45, 2.75) is 45.3 Å². The molecule has 2 unspecified atom stereocenters. The molecule has 2 atom stereocenters. The minimum atomic E-state index is -4.41. The maximum atomic E-state index is 14.0. The molecule has 0 spiro atoms. The second-order valence-corrected chi connectivity index (χ2v) is 7.63. The Labute approximate surface area is 173 Å². The molecule has 2 aromatic heterocycles. The van der Waals surface area contributed by atoms with Gasteiger partial charge in [-0.25, -0.2) is 0 Å². The van der Waals surface area contributed by atoms with Crippen LogP contribution >= 0.6 is 0 Å². The van der Waals surface area contributed by atoms with Gasteiger partial charge in [0.1, 0.15) is 17.1 Å². The maximum absolute atomic E-state index is 14.0. The quantitative estimate of drug-likeness (QED) is 0.663. The zero-order valence-electron chi connectivity index (χ0n) is 16.6. The number of amides is 2. The molecule has 0 bridgehead atoms. The Bertz CT molecular complexity index is 1010. The Morgan fingerprint density at radius 2 is 1.94 bits per heavy atom. The van der Waals surface area contributed by atoms with Gasteiger partial charge in [0.05, 0.1) is 5.92 Å². The number of halogens is 5. The lowest BCUT2D eigenvalue weighted by Crippen LogP contribution is -2.41. The van der Waals surface area contributed by atoms with Crippen LogP contribution in [-0.2, 0) is 12.5 Å². The third-order valence-electron chi connectivity index (χ3n) is 5.34. The smallest absolute Gasteiger partial charge is 0.364 e. The SMILES string of the molecule is Cc1c(C(C)(F)F)nn(CC2CCC2C(F)(F)F)c1C(=O)Nc1ccnc(C(N)=O)c1. The molecule has 12 heteroatoms. The number of rotatable bonds is 6. The second kappa shape index (κ2) is 7.89. The summed E-state index contributed by atoms with van der Waals surface area (Å²) in [5, 5.41) is 6.22. The van der Waals surface area contributed by atoms with Crippen molar-refractivity contribution in [3.8, 4) is 0 Å². The van der Waals surface area contributed by atoms with E-state index in [9.17, 15) is 31.5 Å². The minimum absolute atomic E-state index is 0.0559. The first kappa shape index (κ1) is 22.6. The standard InChI is InChI=1S/C19H20F5N5O2/c1-9-14(17(31)27-11-5-6-26-13(7-11)16(25)30)29(28-15(9)18(2,20)21)8-10-3-4-12(10)19(22,23)24/h5-7,10,12H,3-4,8H2,1-2H3,(H2,25,30)(H,26,27,31). The van der Waals surface area contributed by atoms with Crippen molar-refractivity contribution in [2.24, 2.45) is 17.6 Å². The summed E-state index contributed by atoms with van der Waals surface area (Å²) in [7, 11) is 0. The van der Waals surface area contributed by atoms with Crippen LogP contribution in [0.4, 0.5) is 27.6 Å². The molecule has 1 fully saturated rings. The van der Waals surface area contributed by atoms with Gasteiger partial charge in [-0.15, -0.1) is 0 Å². The van der Waals surface area contributed by atoms with E-state index in [2.05, 4.69) is 15.4 Å². The highest BCUT2D eigenvalue weighted by atomic mass is 19.4. The van der Waals surface area contributed by atoms with Crippen LogP contribution in [0.15, 0.2) is 18.3 Å². The lowest BCUT2D eigenvalue weighted by atomic mass is 9.73. The number of nitrogens with zero attached hydrogens (tertiary/aromatic N) is 3. The van der Waals surface area contributed by atoms with Crippen LogP contribution < -0.4 is 11.1 Å². The molecule has 0 aromatic carbocycles. The minimum Gasteiger partial charge on any atom is -0.364 e. The Morgan fingerprint density at radius 3 is 2.45 bits per heavy atom. The number of aromatic nitrogens is 3. The van der Waals surface area contributed by atoms with E-state index in [-0.39, 0.29) is 42.0 Å². The molecule has 1 saturated carbocycles. The largest absolute Gasteiger partial charge is 0.392 e. The van der Waals surface area contributed by atoms with E-state index in [1.807, 2.05) is 0 Å². The normalized spacial score (nSPS) is 19.1. The molecule has 1 aliphatic carbocycles. The molecule has 2 aromatic rings. The molecule has 7 nitrogen and oxygen atoms in total. The average molecular weight is 445 g/mol. The molecule has 31 heavy (non-hydrogen) atoms. The maximum Gasteiger partial charge on any atom is 0.392 e. The van der Waals surface area contributed by atoms with Gasteiger partial charge in [-0.05, 0) is 37.8 Å². The van der Waals surface area contributed by atoms with Gasteiger partial charge in [0.25, 0.3) is 17.7 Å². The fourth-order valence-corrected chi connectivity index (χ4v) is 3.66. The molecule has 1 aliphatic rings. The van der Waals surface area contributed by atoms with Crippen LogP contribution in [0.1, 0.15) is 52.0 Å². The van der Waals surface area contributed by atoms with Crippen molar-refractivity contribution in [3.63, 3.8) is 0 Å². The summed E-state index contributed by atoms with van der Waals surface area (Å²) >= 11 is 0. The molecule has 0 aliphatic heterocycles. The predicted molar refractivity (Wildman–Crippen MR) is 99.5 cm³/mol. The summed E-state index contributed by atoms with van der Waals surface area (Å²) in [6, 6.07) is 2.54. The first-order valence-electron chi connectivity index (χ1n) is 9.38. The lowest BCUT2D eigenvalue weighted by Gasteiger charge is -2.37. The monoisotopic (exact) mass is 445 g/mol. The molecular weight excluding hydrogens is 425 g/mol. The van der Waals surface area contributed by atoms with Crippen molar-refractivity contribution < 1.29 is 31.5 Å². The zero-order valence-corrected chi connectivity index (χ0v) is 16.6. The number of hydrogen-bond donors (Lipinski definition) is 2. The number of carbonyl (C=O) groups is 2. The van der Waals surface area contributed by atoms with Crippen LogP contribution in [0.5, 0.6) is 0 Å². The first-order valence-corrected chi connectivity index (χ1v) is 9.38. The molecule has 0 radical (unpaired) electrons. The van der Waals surface area contributed by atoms with E-state index in [4.69, 9.17) is 5.73 Å². The van der Waals surface area contributed by atoms with Crippen LogP contribution in [0.3, 0.4) is 0 Å². The highest BCUT2D eigenvalue weighted by Crippen LogP contribution is 2.46. The summed E-state index contributed by atoms with van der Waals surface area (Å²) in [6.45, 7) is 1.53. The molecule has 2 amide bonds. The number of alkyl halides is 5. The molecular formula is C19H20F5N5O2. The Hall–Kier alpha value is -3.05. The fourth-order valence-electron chi connectivity index (χ4n) is 3.66. The predicted octanol–water partition coefficient (Wildman–Crippen LogP) is 3.64. The topological polar surface area (TPSA) is 103 Å². The fraction of sp³-hybridized carbons (Fsp3) is 0.474. The zero-order chi connectivity index (χ0) is 23.1. The number of pyridine rings is 1. The van der Waals surface area contributed by atoms with Gasteiger partial charge in [-0.1, -0.05) is 0 Å². The second-order valence-electron chi connectivity index (χ2n) is 7.63. The van der Waals surface area contributed by atoms with Crippen LogP contribution in [0.25, 0.3) is 0 Å². The number of nitrogens with two attached hydrogens (primary N) is 1. The van der Waals surface area contributed by atoms with Gasteiger partial charge < -0.3 is 11.1 Å². The van der Waals surface area contributed by atoms with Gasteiger partial charge in [-0.3, -0.25) is 19.3 Å². The van der Waals surface area contributed by atoms with Gasteiger partial charge in [-0.2, -0.15) is 27.1 Å². The molecule has 2 heterocycles. The number of primary amides is 1. The molecule has 0 saturated heterocycles. The van der Waals surface area contributed by atoms with Crippen molar-refractivity contribution in [3.05, 3.63) is 41.0 Å². The average Bonchev–Trinajstić information content (AvgIpc) is 2.94. The van der Waals surface area contributed by atoms with E-state index in [0.717, 1.165) is 4.68 Å². The summed E-state index contributed by atoms with van der Waals surface area (Å²) < 4.78 is 68.2. The Morgan fingerprint density at radius 1 is 1.26 bits per heavy atom. The summed E-state index contributed by atoms with van der Waals surface area (Å²) in [6.07, 6.45) is -3.00. The lowest BCUT2D eigenvalue weighted by molar-refractivity contribution is -0.214. The number of carbonyl (C=O) groups excluding carboxylic acids is 2. The van der Waals surface area contributed by atoms with Gasteiger partial charge >= 0.3 is 6.18 Å². The third kappa shape index (κ3) is 4.67. The third-order valence-corrected chi connectivity index (χ3v) is 5.34. The van der Waals surface area contributed by atoms with E-state index < -0.39 is 41.4 Å². The Balaban J connectivity index is 1.94. The van der Waals surface area contributed by atoms with Crippen molar-refractivity contribution in [1.82, 2.24) is 14.8 Å². The van der Waals surface area contributed by atoms with Gasteiger partial charge in [0.2, 0.25) is 0 Å². The van der Waals surface area contributed by atoms with E-state index >= 15 is 0 Å². The van der Waals surface area contributed by atoms with Crippen molar-refractivity contribution in [2.75, 3.05) is 5.32 Å². The number of hydrogen-bond acceptors (Lipinski definition) is 4. The molecule has 168 valence electrons. The summed E-state index contributed by atoms with van der Waals surface area (Å²) in [5.41, 5.74) is 4.02. The molecule has 3 N–H and O–H groups in total. The van der Waals surface area contributed by atoms with E-state index in [1.54, 1.807) is 0 Å². The van der Waals surface area contributed by atoms with Gasteiger partial charge in [0, 0.05) is 30.9 Å².